The van der Waals surface area contributed by atoms with Gasteiger partial charge in [-0.2, -0.15) is 5.10 Å². The smallest absolute Gasteiger partial charge is 0.258 e. The minimum atomic E-state index is -0.248. The van der Waals surface area contributed by atoms with Crippen molar-refractivity contribution in [2.24, 2.45) is 0 Å². The first kappa shape index (κ1) is 11.5. The molecule has 17 heavy (non-hydrogen) atoms. The summed E-state index contributed by atoms with van der Waals surface area (Å²) < 4.78 is 0. The monoisotopic (exact) mass is 250 g/mol. The van der Waals surface area contributed by atoms with Gasteiger partial charge in [-0.3, -0.25) is 9.89 Å². The molecule has 5 nitrogen and oxygen atoms in total. The first-order chi connectivity index (χ1) is 8.08. The third-order valence-electron chi connectivity index (χ3n) is 2.35. The second-order valence-corrected chi connectivity index (χ2v) is 4.04. The maximum atomic E-state index is 11.8. The molecule has 6 heteroatoms. The van der Waals surface area contributed by atoms with Gasteiger partial charge in [-0.15, -0.1) is 0 Å². The van der Waals surface area contributed by atoms with Crippen molar-refractivity contribution in [3.05, 3.63) is 40.7 Å². The third kappa shape index (κ3) is 2.39. The Kier molecular flexibility index (Phi) is 3.01. The van der Waals surface area contributed by atoms with Crippen LogP contribution < -0.4 is 11.1 Å². The van der Waals surface area contributed by atoms with E-state index in [-0.39, 0.29) is 5.91 Å². The molecule has 0 radical (unpaired) electrons. The van der Waals surface area contributed by atoms with E-state index in [1.54, 1.807) is 12.1 Å². The Morgan fingerprint density at radius 2 is 2.29 bits per heavy atom. The highest BCUT2D eigenvalue weighted by atomic mass is 35.5. The molecular weight excluding hydrogens is 240 g/mol. The lowest BCUT2D eigenvalue weighted by Gasteiger charge is -2.09. The van der Waals surface area contributed by atoms with E-state index in [4.69, 9.17) is 17.3 Å². The quantitative estimate of drug-likeness (QED) is 0.715. The minimum Gasteiger partial charge on any atom is -0.398 e. The Morgan fingerprint density at radius 3 is 2.94 bits per heavy atom. The zero-order valence-corrected chi connectivity index (χ0v) is 9.88. The average molecular weight is 251 g/mol. The maximum Gasteiger partial charge on any atom is 0.258 e. The zero-order chi connectivity index (χ0) is 12.4. The Hall–Kier alpha value is -2.01. The Balaban J connectivity index is 2.25. The fourth-order valence-corrected chi connectivity index (χ4v) is 1.57. The summed E-state index contributed by atoms with van der Waals surface area (Å²) in [6.07, 6.45) is 2.97. The number of nitrogens with two attached hydrogens (primary N) is 1. The van der Waals surface area contributed by atoms with Crippen molar-refractivity contribution >= 4 is 28.9 Å². The summed E-state index contributed by atoms with van der Waals surface area (Å²) in [7, 11) is 0. The lowest BCUT2D eigenvalue weighted by Crippen LogP contribution is -2.12. The molecule has 0 saturated carbocycles. The predicted molar refractivity (Wildman–Crippen MR) is 67.1 cm³/mol. The van der Waals surface area contributed by atoms with E-state index in [0.29, 0.717) is 22.0 Å². The molecule has 0 aliphatic rings. The molecule has 0 aliphatic carbocycles. The first-order valence-electron chi connectivity index (χ1n) is 4.93. The number of anilines is 2. The van der Waals surface area contributed by atoms with Gasteiger partial charge in [0.15, 0.2) is 0 Å². The number of rotatable bonds is 2. The van der Waals surface area contributed by atoms with E-state index in [0.717, 1.165) is 5.56 Å². The van der Waals surface area contributed by atoms with Crippen molar-refractivity contribution in [1.82, 2.24) is 10.2 Å². The van der Waals surface area contributed by atoms with E-state index in [2.05, 4.69) is 15.5 Å². The molecule has 1 aromatic heterocycles. The van der Waals surface area contributed by atoms with Crippen molar-refractivity contribution in [3.8, 4) is 0 Å². The van der Waals surface area contributed by atoms with Crippen molar-refractivity contribution < 1.29 is 4.79 Å². The number of aromatic amines is 1. The van der Waals surface area contributed by atoms with E-state index in [9.17, 15) is 4.79 Å². The van der Waals surface area contributed by atoms with Crippen LogP contribution in [0, 0.1) is 6.92 Å². The summed E-state index contributed by atoms with van der Waals surface area (Å²) in [5.41, 5.74) is 8.09. The van der Waals surface area contributed by atoms with Gasteiger partial charge in [-0.25, -0.2) is 0 Å². The van der Waals surface area contributed by atoms with Crippen molar-refractivity contribution in [2.75, 3.05) is 11.1 Å². The number of halogens is 1. The number of nitrogens with zero attached hydrogens (tertiary/aromatic N) is 1. The number of H-pyrrole nitrogens is 1. The van der Waals surface area contributed by atoms with Gasteiger partial charge >= 0.3 is 0 Å². The van der Waals surface area contributed by atoms with Crippen LogP contribution in [0.3, 0.4) is 0 Å². The van der Waals surface area contributed by atoms with Gasteiger partial charge in [0.05, 0.1) is 22.5 Å². The van der Waals surface area contributed by atoms with Crippen LogP contribution in [0.15, 0.2) is 24.5 Å². The average Bonchev–Trinajstić information content (AvgIpc) is 2.79. The summed E-state index contributed by atoms with van der Waals surface area (Å²) in [6.45, 7) is 1.84. The standard InChI is InChI=1S/C11H11ClN4O/c1-6-2-9(13)8(12)3-10(6)16-11(17)7-4-14-15-5-7/h2-5H,13H2,1H3,(H,14,15)(H,16,17). The van der Waals surface area contributed by atoms with Gasteiger partial charge in [0.1, 0.15) is 0 Å². The lowest BCUT2D eigenvalue weighted by molar-refractivity contribution is 0.102. The number of carbonyl (C=O) groups is 1. The van der Waals surface area contributed by atoms with Crippen LogP contribution in [0.4, 0.5) is 11.4 Å². The number of nitrogen functional groups attached to an aromatic ring is 1. The van der Waals surface area contributed by atoms with Crippen LogP contribution >= 0.6 is 11.6 Å². The molecule has 2 rings (SSSR count). The van der Waals surface area contributed by atoms with E-state index < -0.39 is 0 Å². The van der Waals surface area contributed by atoms with Crippen LogP contribution in [0.25, 0.3) is 0 Å². The molecule has 0 spiro atoms. The van der Waals surface area contributed by atoms with Gasteiger partial charge in [-0.05, 0) is 24.6 Å². The highest BCUT2D eigenvalue weighted by Crippen LogP contribution is 2.26. The van der Waals surface area contributed by atoms with Gasteiger partial charge < -0.3 is 11.1 Å². The normalized spacial score (nSPS) is 10.2. The van der Waals surface area contributed by atoms with E-state index in [1.165, 1.54) is 12.4 Å². The molecule has 2 aromatic rings. The SMILES string of the molecule is Cc1cc(N)c(Cl)cc1NC(=O)c1cn[nH]c1. The van der Waals surface area contributed by atoms with Crippen LogP contribution in [0.2, 0.25) is 5.02 Å². The van der Waals surface area contributed by atoms with Crippen LogP contribution in [-0.2, 0) is 0 Å². The molecule has 0 saturated heterocycles. The number of aromatic nitrogens is 2. The topological polar surface area (TPSA) is 83.8 Å². The fraction of sp³-hybridized carbons (Fsp3) is 0.0909. The molecule has 0 unspecified atom stereocenters. The van der Waals surface area contributed by atoms with Crippen molar-refractivity contribution in [1.29, 1.82) is 0 Å². The summed E-state index contributed by atoms with van der Waals surface area (Å²) in [6, 6.07) is 3.34. The number of benzene rings is 1. The second kappa shape index (κ2) is 4.47. The molecule has 4 N–H and O–H groups in total. The number of amides is 1. The first-order valence-corrected chi connectivity index (χ1v) is 5.31. The van der Waals surface area contributed by atoms with Gasteiger partial charge in [0, 0.05) is 11.9 Å². The van der Waals surface area contributed by atoms with Crippen molar-refractivity contribution in [2.45, 2.75) is 6.92 Å². The van der Waals surface area contributed by atoms with Gasteiger partial charge in [-0.1, -0.05) is 11.6 Å². The highest BCUT2D eigenvalue weighted by molar-refractivity contribution is 6.33. The number of carbonyl (C=O) groups excluding carboxylic acids is 1. The maximum absolute atomic E-state index is 11.8. The predicted octanol–water partition coefficient (Wildman–Crippen LogP) is 2.21. The molecule has 0 aliphatic heterocycles. The third-order valence-corrected chi connectivity index (χ3v) is 2.68. The fourth-order valence-electron chi connectivity index (χ4n) is 1.41. The largest absolute Gasteiger partial charge is 0.398 e. The Bertz CT molecular complexity index is 551. The number of hydrogen-bond acceptors (Lipinski definition) is 3. The Morgan fingerprint density at radius 1 is 1.53 bits per heavy atom. The summed E-state index contributed by atoms with van der Waals surface area (Å²) in [5, 5.41) is 9.44. The summed E-state index contributed by atoms with van der Waals surface area (Å²) in [4.78, 5) is 11.8. The van der Waals surface area contributed by atoms with Crippen molar-refractivity contribution in [3.63, 3.8) is 0 Å². The van der Waals surface area contributed by atoms with E-state index in [1.807, 2.05) is 6.92 Å². The molecule has 88 valence electrons. The second-order valence-electron chi connectivity index (χ2n) is 3.63. The molecule has 0 atom stereocenters. The minimum absolute atomic E-state index is 0.248. The highest BCUT2D eigenvalue weighted by Gasteiger charge is 2.10. The molecule has 1 aromatic carbocycles. The van der Waals surface area contributed by atoms with E-state index >= 15 is 0 Å². The Labute approximate surface area is 103 Å². The summed E-state index contributed by atoms with van der Waals surface area (Å²) >= 11 is 5.90. The lowest BCUT2D eigenvalue weighted by atomic mass is 10.1. The van der Waals surface area contributed by atoms with Crippen LogP contribution in [0.5, 0.6) is 0 Å². The van der Waals surface area contributed by atoms with Gasteiger partial charge in [0.25, 0.3) is 5.91 Å². The van der Waals surface area contributed by atoms with Crippen LogP contribution in [0.1, 0.15) is 15.9 Å². The molecular formula is C11H11ClN4O. The van der Waals surface area contributed by atoms with Crippen LogP contribution in [-0.4, -0.2) is 16.1 Å². The zero-order valence-electron chi connectivity index (χ0n) is 9.12. The molecule has 1 heterocycles. The number of nitrogens with one attached hydrogen (secondary N) is 2. The number of aryl methyl sites for hydroxylation is 1. The number of hydrogen-bond donors (Lipinski definition) is 3. The molecule has 1 amide bonds. The molecule has 0 fully saturated rings. The van der Waals surface area contributed by atoms with Gasteiger partial charge in [0.2, 0.25) is 0 Å². The molecule has 0 bridgehead atoms. The summed E-state index contributed by atoms with van der Waals surface area (Å²) in [5.74, 6) is -0.248.